The molecule has 1 aliphatic heterocycles. The minimum absolute atomic E-state index is 0.314. The fraction of sp³-hybridized carbons (Fsp3) is 0.667. The molecule has 0 radical (unpaired) electrons. The van der Waals surface area contributed by atoms with Gasteiger partial charge in [-0.3, -0.25) is 4.90 Å². The lowest BCUT2D eigenvalue weighted by Crippen LogP contribution is -2.35. The highest BCUT2D eigenvalue weighted by molar-refractivity contribution is 7.10. The lowest BCUT2D eigenvalue weighted by atomic mass is 10.2. The van der Waals surface area contributed by atoms with Crippen LogP contribution in [0, 0.1) is 6.92 Å². The van der Waals surface area contributed by atoms with Crippen LogP contribution in [0.5, 0.6) is 0 Å². The normalized spacial score (nSPS) is 17.9. The van der Waals surface area contributed by atoms with Crippen LogP contribution in [0.15, 0.2) is 0 Å². The van der Waals surface area contributed by atoms with Crippen LogP contribution in [0.2, 0.25) is 0 Å². The summed E-state index contributed by atoms with van der Waals surface area (Å²) in [6, 6.07) is 0.427. The summed E-state index contributed by atoms with van der Waals surface area (Å²) in [5, 5.41) is 13.0. The molecule has 100 valence electrons. The first kappa shape index (κ1) is 13.3. The number of carboxylic acids is 1. The van der Waals surface area contributed by atoms with E-state index in [0.717, 1.165) is 19.6 Å². The number of aryl methyl sites for hydroxylation is 1. The van der Waals surface area contributed by atoms with Gasteiger partial charge in [-0.15, -0.1) is 0 Å². The van der Waals surface area contributed by atoms with Crippen LogP contribution in [0.3, 0.4) is 0 Å². The number of nitrogens with one attached hydrogen (secondary N) is 1. The van der Waals surface area contributed by atoms with Gasteiger partial charge >= 0.3 is 5.97 Å². The summed E-state index contributed by atoms with van der Waals surface area (Å²) in [5.41, 5.74) is 0.900. The Labute approximate surface area is 111 Å². The Bertz CT molecular complexity index is 427. The molecule has 1 aromatic heterocycles. The lowest BCUT2D eigenvalue weighted by Gasteiger charge is -2.23. The molecule has 1 fully saturated rings. The minimum atomic E-state index is -0.905. The number of rotatable bonds is 5. The highest BCUT2D eigenvalue weighted by atomic mass is 32.1. The maximum Gasteiger partial charge on any atom is 0.340 e. The number of carbonyl (C=O) groups is 1. The van der Waals surface area contributed by atoms with Gasteiger partial charge < -0.3 is 10.4 Å². The molecule has 1 unspecified atom stereocenters. The Balaban J connectivity index is 1.95. The molecular formula is C12H19N3O2S. The number of aromatic nitrogens is 1. The van der Waals surface area contributed by atoms with Gasteiger partial charge in [0, 0.05) is 12.6 Å². The first-order valence-corrected chi connectivity index (χ1v) is 7.04. The molecule has 0 bridgehead atoms. The van der Waals surface area contributed by atoms with Gasteiger partial charge in [0.1, 0.15) is 10.6 Å². The van der Waals surface area contributed by atoms with E-state index in [9.17, 15) is 4.79 Å². The first-order chi connectivity index (χ1) is 8.59. The van der Waals surface area contributed by atoms with Gasteiger partial charge in [0.2, 0.25) is 0 Å². The van der Waals surface area contributed by atoms with Gasteiger partial charge in [0.15, 0.2) is 0 Å². The predicted octanol–water partition coefficient (Wildman–Crippen LogP) is 2.05. The van der Waals surface area contributed by atoms with Crippen molar-refractivity contribution in [2.75, 3.05) is 25.0 Å². The molecule has 0 saturated carbocycles. The second-order valence-corrected chi connectivity index (χ2v) is 5.52. The molecule has 1 saturated heterocycles. The molecule has 2 rings (SSSR count). The summed E-state index contributed by atoms with van der Waals surface area (Å²) in [5.74, 6) is -0.905. The molecule has 18 heavy (non-hydrogen) atoms. The fourth-order valence-corrected chi connectivity index (χ4v) is 3.09. The van der Waals surface area contributed by atoms with E-state index in [1.807, 2.05) is 0 Å². The largest absolute Gasteiger partial charge is 0.478 e. The summed E-state index contributed by atoms with van der Waals surface area (Å²) in [7, 11) is 0. The third kappa shape index (κ3) is 2.81. The predicted molar refractivity (Wildman–Crippen MR) is 72.6 cm³/mol. The Hall–Kier alpha value is -1.14. The number of likely N-dealkylation sites (tertiary alicyclic amines) is 1. The molecule has 0 spiro atoms. The second kappa shape index (κ2) is 5.67. The SMILES string of the molecule is Cc1nsc(NCC(C)N2CCCC2)c1C(=O)O. The lowest BCUT2D eigenvalue weighted by molar-refractivity contribution is 0.0697. The van der Waals surface area contributed by atoms with Crippen molar-refractivity contribution in [3.05, 3.63) is 11.3 Å². The number of aromatic carboxylic acids is 1. The van der Waals surface area contributed by atoms with Crippen LogP contribution in [0.25, 0.3) is 0 Å². The molecule has 0 amide bonds. The van der Waals surface area contributed by atoms with Gasteiger partial charge in [-0.1, -0.05) is 0 Å². The molecule has 1 aromatic rings. The van der Waals surface area contributed by atoms with Gasteiger partial charge in [0.05, 0.1) is 5.69 Å². The van der Waals surface area contributed by atoms with Crippen molar-refractivity contribution in [2.24, 2.45) is 0 Å². The van der Waals surface area contributed by atoms with Crippen molar-refractivity contribution >= 4 is 22.5 Å². The highest BCUT2D eigenvalue weighted by Gasteiger charge is 2.20. The monoisotopic (exact) mass is 269 g/mol. The van der Waals surface area contributed by atoms with Crippen molar-refractivity contribution in [3.63, 3.8) is 0 Å². The van der Waals surface area contributed by atoms with Gasteiger partial charge in [0.25, 0.3) is 0 Å². The van der Waals surface area contributed by atoms with E-state index in [2.05, 4.69) is 21.5 Å². The Kier molecular flexibility index (Phi) is 4.19. The molecule has 1 atom stereocenters. The molecule has 2 heterocycles. The summed E-state index contributed by atoms with van der Waals surface area (Å²) in [6.07, 6.45) is 2.54. The van der Waals surface area contributed by atoms with Gasteiger partial charge in [-0.05, 0) is 51.3 Å². The highest BCUT2D eigenvalue weighted by Crippen LogP contribution is 2.24. The zero-order chi connectivity index (χ0) is 13.1. The second-order valence-electron chi connectivity index (χ2n) is 4.75. The van der Waals surface area contributed by atoms with E-state index in [4.69, 9.17) is 5.11 Å². The molecule has 5 nitrogen and oxygen atoms in total. The minimum Gasteiger partial charge on any atom is -0.478 e. The number of anilines is 1. The van der Waals surface area contributed by atoms with E-state index in [0.29, 0.717) is 22.3 Å². The topological polar surface area (TPSA) is 65.5 Å². The van der Waals surface area contributed by atoms with Crippen LogP contribution in [-0.4, -0.2) is 46.0 Å². The molecule has 6 heteroatoms. The summed E-state index contributed by atoms with van der Waals surface area (Å²) in [4.78, 5) is 13.6. The Morgan fingerprint density at radius 1 is 1.56 bits per heavy atom. The van der Waals surface area contributed by atoms with E-state index < -0.39 is 5.97 Å². The Morgan fingerprint density at radius 3 is 2.83 bits per heavy atom. The van der Waals surface area contributed by atoms with Crippen LogP contribution in [0.4, 0.5) is 5.00 Å². The van der Waals surface area contributed by atoms with E-state index >= 15 is 0 Å². The summed E-state index contributed by atoms with van der Waals surface area (Å²) in [6.45, 7) is 6.97. The number of carboxylic acid groups (broad SMARTS) is 1. The van der Waals surface area contributed by atoms with E-state index in [-0.39, 0.29) is 0 Å². The smallest absolute Gasteiger partial charge is 0.340 e. The van der Waals surface area contributed by atoms with Gasteiger partial charge in [-0.2, -0.15) is 4.37 Å². The summed E-state index contributed by atoms with van der Waals surface area (Å²) >= 11 is 1.23. The van der Waals surface area contributed by atoms with Crippen molar-refractivity contribution in [3.8, 4) is 0 Å². The van der Waals surface area contributed by atoms with Gasteiger partial charge in [-0.25, -0.2) is 4.79 Å². The van der Waals surface area contributed by atoms with Crippen LogP contribution in [0.1, 0.15) is 35.8 Å². The summed E-state index contributed by atoms with van der Waals surface area (Å²) < 4.78 is 4.10. The van der Waals surface area contributed by atoms with Crippen molar-refractivity contribution in [1.82, 2.24) is 9.27 Å². The standard InChI is InChI=1S/C12H19N3O2S/c1-8(15-5-3-4-6-15)7-13-11-10(12(16)17)9(2)14-18-11/h8,13H,3-7H2,1-2H3,(H,16,17). The zero-order valence-electron chi connectivity index (χ0n) is 10.8. The van der Waals surface area contributed by atoms with Crippen LogP contribution < -0.4 is 5.32 Å². The first-order valence-electron chi connectivity index (χ1n) is 6.27. The Morgan fingerprint density at radius 2 is 2.22 bits per heavy atom. The van der Waals surface area contributed by atoms with Crippen molar-refractivity contribution in [2.45, 2.75) is 32.7 Å². The van der Waals surface area contributed by atoms with Crippen molar-refractivity contribution < 1.29 is 9.90 Å². The number of hydrogen-bond acceptors (Lipinski definition) is 5. The zero-order valence-corrected chi connectivity index (χ0v) is 11.6. The molecule has 1 aliphatic rings. The fourth-order valence-electron chi connectivity index (χ4n) is 2.29. The number of nitrogens with zero attached hydrogens (tertiary/aromatic N) is 2. The molecule has 0 aromatic carbocycles. The molecule has 2 N–H and O–H groups in total. The third-order valence-corrected chi connectivity index (χ3v) is 4.29. The average Bonchev–Trinajstić information content (AvgIpc) is 2.94. The third-order valence-electron chi connectivity index (χ3n) is 3.40. The van der Waals surface area contributed by atoms with Crippen LogP contribution >= 0.6 is 11.5 Å². The van der Waals surface area contributed by atoms with E-state index in [1.54, 1.807) is 6.92 Å². The quantitative estimate of drug-likeness (QED) is 0.856. The van der Waals surface area contributed by atoms with Crippen LogP contribution in [-0.2, 0) is 0 Å². The number of hydrogen-bond donors (Lipinski definition) is 2. The maximum absolute atomic E-state index is 11.1. The molecule has 0 aliphatic carbocycles. The van der Waals surface area contributed by atoms with E-state index in [1.165, 1.54) is 24.4 Å². The molecular weight excluding hydrogens is 250 g/mol. The van der Waals surface area contributed by atoms with Crippen molar-refractivity contribution in [1.29, 1.82) is 0 Å². The maximum atomic E-state index is 11.1. The average molecular weight is 269 g/mol.